The number of hydrogen-bond acceptors (Lipinski definition) is 3. The molecule has 1 fully saturated rings. The van der Waals surface area contributed by atoms with Crippen molar-refractivity contribution < 1.29 is 9.53 Å². The molecular weight excluding hydrogens is 311 g/mol. The lowest BCUT2D eigenvalue weighted by molar-refractivity contribution is -0.126. The van der Waals surface area contributed by atoms with Crippen molar-refractivity contribution in [3.8, 4) is 0 Å². The summed E-state index contributed by atoms with van der Waals surface area (Å²) in [6.07, 6.45) is 0.248. The monoisotopic (exact) mass is 330 g/mol. The summed E-state index contributed by atoms with van der Waals surface area (Å²) >= 11 is 12.0. The molecule has 1 aromatic carbocycles. The van der Waals surface area contributed by atoms with Gasteiger partial charge in [0.25, 0.3) is 0 Å². The molecule has 0 spiro atoms. The molecule has 3 atom stereocenters. The molecule has 4 nitrogen and oxygen atoms in total. The Morgan fingerprint density at radius 3 is 2.57 bits per heavy atom. The zero-order valence-corrected chi connectivity index (χ0v) is 13.9. The lowest BCUT2D eigenvalue weighted by Gasteiger charge is -2.38. The number of amides is 1. The highest BCUT2D eigenvalue weighted by atomic mass is 35.5. The smallest absolute Gasteiger partial charge is 0.241 e. The van der Waals surface area contributed by atoms with Crippen LogP contribution < -0.4 is 5.32 Å². The van der Waals surface area contributed by atoms with Gasteiger partial charge >= 0.3 is 0 Å². The van der Waals surface area contributed by atoms with Crippen LogP contribution in [0.2, 0.25) is 10.0 Å². The Hall–Kier alpha value is -0.810. The first-order valence-electron chi connectivity index (χ1n) is 7.02. The van der Waals surface area contributed by atoms with Crippen LogP contribution in [0.15, 0.2) is 18.2 Å². The minimum absolute atomic E-state index is 0.0968. The normalized spacial score (nSPS) is 24.6. The Morgan fingerprint density at radius 1 is 1.33 bits per heavy atom. The fourth-order valence-electron chi connectivity index (χ4n) is 2.53. The lowest BCUT2D eigenvalue weighted by Crippen LogP contribution is -2.52. The van der Waals surface area contributed by atoms with Crippen molar-refractivity contribution in [3.63, 3.8) is 0 Å². The minimum atomic E-state index is -0.256. The highest BCUT2D eigenvalue weighted by Gasteiger charge is 2.29. The number of carbonyl (C=O) groups excluding carboxylic acids is 1. The molecule has 1 saturated heterocycles. The summed E-state index contributed by atoms with van der Waals surface area (Å²) in [4.78, 5) is 14.5. The second kappa shape index (κ2) is 6.97. The molecule has 1 aliphatic heterocycles. The number of rotatable bonds is 3. The third kappa shape index (κ3) is 4.33. The van der Waals surface area contributed by atoms with E-state index in [4.69, 9.17) is 27.9 Å². The Labute approximate surface area is 135 Å². The second-order valence-electron chi connectivity index (χ2n) is 5.50. The summed E-state index contributed by atoms with van der Waals surface area (Å²) in [5, 5.41) is 3.85. The van der Waals surface area contributed by atoms with Gasteiger partial charge in [0.2, 0.25) is 5.91 Å². The van der Waals surface area contributed by atoms with Crippen LogP contribution in [-0.4, -0.2) is 42.1 Å². The number of morpholine rings is 1. The van der Waals surface area contributed by atoms with Crippen LogP contribution in [0.25, 0.3) is 0 Å². The first-order valence-corrected chi connectivity index (χ1v) is 7.78. The van der Waals surface area contributed by atoms with Crippen molar-refractivity contribution in [3.05, 3.63) is 28.2 Å². The fourth-order valence-corrected chi connectivity index (χ4v) is 2.87. The molecule has 0 radical (unpaired) electrons. The number of nitrogens with one attached hydrogen (secondary N) is 1. The molecule has 21 heavy (non-hydrogen) atoms. The number of carbonyl (C=O) groups is 1. The number of ether oxygens (including phenoxy) is 1. The molecular formula is C15H20Cl2N2O2. The van der Waals surface area contributed by atoms with Crippen molar-refractivity contribution in [2.24, 2.45) is 0 Å². The SMILES string of the molecule is CC1CN(C(C)C(=O)Nc2cc(Cl)ccc2Cl)CC(C)O1. The molecule has 2 rings (SSSR count). The molecule has 116 valence electrons. The zero-order valence-electron chi connectivity index (χ0n) is 12.4. The Morgan fingerprint density at radius 2 is 1.95 bits per heavy atom. The predicted octanol–water partition coefficient (Wildman–Crippen LogP) is 3.43. The Bertz CT molecular complexity index is 514. The molecule has 1 aromatic rings. The summed E-state index contributed by atoms with van der Waals surface area (Å²) < 4.78 is 5.69. The molecule has 1 amide bonds. The second-order valence-corrected chi connectivity index (χ2v) is 6.34. The predicted molar refractivity (Wildman–Crippen MR) is 86.1 cm³/mol. The van der Waals surface area contributed by atoms with Gasteiger partial charge in [-0.05, 0) is 39.0 Å². The molecule has 1 aliphatic rings. The van der Waals surface area contributed by atoms with E-state index in [1.165, 1.54) is 0 Å². The summed E-state index contributed by atoms with van der Waals surface area (Å²) in [6, 6.07) is 4.75. The largest absolute Gasteiger partial charge is 0.373 e. The summed E-state index contributed by atoms with van der Waals surface area (Å²) in [5.74, 6) is -0.0968. The molecule has 6 heteroatoms. The van der Waals surface area contributed by atoms with E-state index >= 15 is 0 Å². The maximum atomic E-state index is 12.4. The number of benzene rings is 1. The minimum Gasteiger partial charge on any atom is -0.373 e. The lowest BCUT2D eigenvalue weighted by atomic mass is 10.1. The topological polar surface area (TPSA) is 41.6 Å². The van der Waals surface area contributed by atoms with E-state index in [0.29, 0.717) is 15.7 Å². The maximum absolute atomic E-state index is 12.4. The van der Waals surface area contributed by atoms with Gasteiger partial charge in [0.1, 0.15) is 0 Å². The van der Waals surface area contributed by atoms with Crippen LogP contribution in [0.1, 0.15) is 20.8 Å². The fraction of sp³-hybridized carbons (Fsp3) is 0.533. The van der Waals surface area contributed by atoms with Crippen LogP contribution in [0.3, 0.4) is 0 Å². The number of hydrogen-bond donors (Lipinski definition) is 1. The van der Waals surface area contributed by atoms with E-state index in [-0.39, 0.29) is 24.2 Å². The van der Waals surface area contributed by atoms with Gasteiger partial charge in [0, 0.05) is 18.1 Å². The van der Waals surface area contributed by atoms with E-state index in [1.54, 1.807) is 18.2 Å². The van der Waals surface area contributed by atoms with Gasteiger partial charge in [-0.15, -0.1) is 0 Å². The third-order valence-electron chi connectivity index (χ3n) is 3.56. The van der Waals surface area contributed by atoms with Crippen LogP contribution in [-0.2, 0) is 9.53 Å². The summed E-state index contributed by atoms with van der Waals surface area (Å²) in [6.45, 7) is 7.39. The number of nitrogens with zero attached hydrogens (tertiary/aromatic N) is 1. The van der Waals surface area contributed by atoms with E-state index in [9.17, 15) is 4.79 Å². The van der Waals surface area contributed by atoms with Gasteiger partial charge in [0.15, 0.2) is 0 Å². The molecule has 0 aromatic heterocycles. The molecule has 0 aliphatic carbocycles. The van der Waals surface area contributed by atoms with E-state index in [0.717, 1.165) is 13.1 Å². The molecule has 1 heterocycles. The summed E-state index contributed by atoms with van der Waals surface area (Å²) in [5.41, 5.74) is 0.537. The van der Waals surface area contributed by atoms with Gasteiger partial charge in [-0.2, -0.15) is 0 Å². The first-order chi connectivity index (χ1) is 9.86. The molecule has 0 saturated carbocycles. The quantitative estimate of drug-likeness (QED) is 0.923. The molecule has 1 N–H and O–H groups in total. The van der Waals surface area contributed by atoms with Crippen molar-refractivity contribution in [1.29, 1.82) is 0 Å². The Balaban J connectivity index is 2.04. The van der Waals surface area contributed by atoms with Gasteiger partial charge in [0.05, 0.1) is 29.0 Å². The van der Waals surface area contributed by atoms with Crippen molar-refractivity contribution in [2.45, 2.75) is 39.0 Å². The van der Waals surface area contributed by atoms with E-state index in [2.05, 4.69) is 10.2 Å². The molecule has 3 unspecified atom stereocenters. The van der Waals surface area contributed by atoms with Gasteiger partial charge < -0.3 is 10.1 Å². The molecule has 0 bridgehead atoms. The van der Waals surface area contributed by atoms with Crippen LogP contribution in [0.5, 0.6) is 0 Å². The average molecular weight is 331 g/mol. The third-order valence-corrected chi connectivity index (χ3v) is 4.13. The van der Waals surface area contributed by atoms with Gasteiger partial charge in [-0.1, -0.05) is 23.2 Å². The average Bonchev–Trinajstić information content (AvgIpc) is 2.41. The first kappa shape index (κ1) is 16.6. The zero-order chi connectivity index (χ0) is 15.6. The number of anilines is 1. The van der Waals surface area contributed by atoms with Crippen molar-refractivity contribution in [1.82, 2.24) is 4.90 Å². The van der Waals surface area contributed by atoms with Crippen molar-refractivity contribution >= 4 is 34.8 Å². The highest BCUT2D eigenvalue weighted by Crippen LogP contribution is 2.26. The standard InChI is InChI=1S/C15H20Cl2N2O2/c1-9-7-19(8-10(2)21-9)11(3)15(20)18-14-6-12(16)4-5-13(14)17/h4-6,9-11H,7-8H2,1-3H3,(H,18,20). The van der Waals surface area contributed by atoms with Crippen molar-refractivity contribution in [2.75, 3.05) is 18.4 Å². The van der Waals surface area contributed by atoms with Crippen LogP contribution in [0.4, 0.5) is 5.69 Å². The highest BCUT2D eigenvalue weighted by molar-refractivity contribution is 6.35. The van der Waals surface area contributed by atoms with Crippen LogP contribution >= 0.6 is 23.2 Å². The Kier molecular flexibility index (Phi) is 5.49. The van der Waals surface area contributed by atoms with Gasteiger partial charge in [-0.3, -0.25) is 9.69 Å². The summed E-state index contributed by atoms with van der Waals surface area (Å²) in [7, 11) is 0. The van der Waals surface area contributed by atoms with E-state index in [1.807, 2.05) is 20.8 Å². The van der Waals surface area contributed by atoms with E-state index < -0.39 is 0 Å². The maximum Gasteiger partial charge on any atom is 0.241 e. The van der Waals surface area contributed by atoms with Gasteiger partial charge in [-0.25, -0.2) is 0 Å². The number of halogens is 2. The van der Waals surface area contributed by atoms with Crippen LogP contribution in [0, 0.1) is 0 Å².